The van der Waals surface area contributed by atoms with Crippen molar-refractivity contribution in [3.63, 3.8) is 0 Å². The summed E-state index contributed by atoms with van der Waals surface area (Å²) in [5.41, 5.74) is 8.64. The first-order valence-corrected chi connectivity index (χ1v) is 10.9. The van der Waals surface area contributed by atoms with Crippen molar-refractivity contribution in [3.05, 3.63) is 47.5 Å². The quantitative estimate of drug-likeness (QED) is 0.658. The average molecular weight is 394 g/mol. The van der Waals surface area contributed by atoms with Crippen LogP contribution in [0.4, 0.5) is 4.39 Å². The summed E-state index contributed by atoms with van der Waals surface area (Å²) in [4.78, 5) is 7.85. The lowest BCUT2D eigenvalue weighted by Gasteiger charge is -2.56. The Bertz CT molecular complexity index is 1020. The van der Waals surface area contributed by atoms with Gasteiger partial charge >= 0.3 is 0 Å². The van der Waals surface area contributed by atoms with Gasteiger partial charge in [-0.1, -0.05) is 5.16 Å². The molecule has 4 aliphatic rings. The first-order chi connectivity index (χ1) is 14.1. The maximum absolute atomic E-state index is 13.6. The molecule has 7 rings (SSSR count). The Balaban J connectivity index is 1.19. The number of benzene rings is 1. The number of nitrogens with one attached hydrogen (secondary N) is 1. The second-order valence-corrected chi connectivity index (χ2v) is 9.96. The minimum Gasteiger partial charge on any atom is -0.361 e. The van der Waals surface area contributed by atoms with Crippen LogP contribution in [0, 0.1) is 29.0 Å². The Morgan fingerprint density at radius 2 is 1.90 bits per heavy atom. The van der Waals surface area contributed by atoms with Crippen LogP contribution in [0.25, 0.3) is 10.9 Å². The fourth-order valence-electron chi connectivity index (χ4n) is 6.98. The Morgan fingerprint density at radius 1 is 1.17 bits per heavy atom. The molecule has 1 aromatic carbocycles. The molecule has 0 spiro atoms. The summed E-state index contributed by atoms with van der Waals surface area (Å²) in [7, 11) is 0. The van der Waals surface area contributed by atoms with Crippen molar-refractivity contribution in [1.29, 1.82) is 0 Å². The van der Waals surface area contributed by atoms with E-state index >= 15 is 0 Å². The molecule has 0 aliphatic heterocycles. The van der Waals surface area contributed by atoms with Crippen molar-refractivity contribution >= 4 is 10.9 Å². The number of hydrogen-bond acceptors (Lipinski definition) is 4. The molecule has 0 saturated heterocycles. The van der Waals surface area contributed by atoms with Crippen LogP contribution in [0.15, 0.2) is 28.9 Å². The first kappa shape index (κ1) is 17.6. The molecule has 5 nitrogen and oxygen atoms in total. The average Bonchev–Trinajstić information content (AvgIpc) is 3.27. The number of nitrogens with two attached hydrogens (primary N) is 1. The van der Waals surface area contributed by atoms with E-state index in [2.05, 4.69) is 15.1 Å². The minimum absolute atomic E-state index is 0.248. The zero-order valence-electron chi connectivity index (χ0n) is 16.5. The lowest BCUT2D eigenvalue weighted by atomic mass is 9.49. The Labute approximate surface area is 169 Å². The Morgan fingerprint density at radius 3 is 2.62 bits per heavy atom. The number of nitrogens with zero attached hydrogens (tertiary/aromatic N) is 2. The summed E-state index contributed by atoms with van der Waals surface area (Å²) in [6, 6.07) is 4.35. The number of aromatic amines is 1. The smallest absolute Gasteiger partial charge is 0.243 e. The molecular weight excluding hydrogens is 367 g/mol. The third-order valence-corrected chi connectivity index (χ3v) is 7.67. The third kappa shape index (κ3) is 3.08. The van der Waals surface area contributed by atoms with Gasteiger partial charge in [0.2, 0.25) is 5.89 Å². The lowest BCUT2D eigenvalue weighted by Crippen LogP contribution is -2.47. The predicted octanol–water partition coefficient (Wildman–Crippen LogP) is 4.69. The molecule has 2 heterocycles. The van der Waals surface area contributed by atoms with Crippen LogP contribution in [0.1, 0.15) is 61.8 Å². The molecule has 1 unspecified atom stereocenters. The summed E-state index contributed by atoms with van der Waals surface area (Å²) in [5.74, 6) is 3.78. The number of hydrogen-bond donors (Lipinski definition) is 2. The van der Waals surface area contributed by atoms with E-state index in [1.807, 2.05) is 6.20 Å². The molecule has 2 aromatic heterocycles. The highest BCUT2D eigenvalue weighted by Crippen LogP contribution is 2.60. The van der Waals surface area contributed by atoms with Gasteiger partial charge in [-0.15, -0.1) is 0 Å². The maximum Gasteiger partial charge on any atom is 0.243 e. The number of H-pyrrole nitrogens is 1. The zero-order chi connectivity index (χ0) is 19.6. The molecule has 4 fully saturated rings. The summed E-state index contributed by atoms with van der Waals surface area (Å²) in [6.07, 6.45) is 11.6. The van der Waals surface area contributed by atoms with Crippen molar-refractivity contribution in [2.24, 2.45) is 28.9 Å². The van der Waals surface area contributed by atoms with Crippen LogP contribution in [0.3, 0.4) is 0 Å². The van der Waals surface area contributed by atoms with Gasteiger partial charge in [-0.25, -0.2) is 4.39 Å². The van der Waals surface area contributed by atoms with Crippen molar-refractivity contribution in [3.8, 4) is 0 Å². The van der Waals surface area contributed by atoms with E-state index in [1.165, 1.54) is 44.6 Å². The Kier molecular flexibility index (Phi) is 3.89. The van der Waals surface area contributed by atoms with E-state index in [-0.39, 0.29) is 5.82 Å². The maximum atomic E-state index is 13.6. The number of aromatic nitrogens is 3. The van der Waals surface area contributed by atoms with Crippen LogP contribution < -0.4 is 5.73 Å². The topological polar surface area (TPSA) is 80.7 Å². The molecule has 152 valence electrons. The highest BCUT2D eigenvalue weighted by molar-refractivity contribution is 5.83. The monoisotopic (exact) mass is 394 g/mol. The third-order valence-electron chi connectivity index (χ3n) is 7.67. The highest BCUT2D eigenvalue weighted by atomic mass is 19.1. The summed E-state index contributed by atoms with van der Waals surface area (Å²) in [6.45, 7) is 0. The predicted molar refractivity (Wildman–Crippen MR) is 107 cm³/mol. The van der Waals surface area contributed by atoms with Crippen molar-refractivity contribution in [2.75, 3.05) is 0 Å². The van der Waals surface area contributed by atoms with Crippen molar-refractivity contribution < 1.29 is 8.91 Å². The molecule has 0 amide bonds. The second-order valence-electron chi connectivity index (χ2n) is 9.96. The summed E-state index contributed by atoms with van der Waals surface area (Å²) >= 11 is 0. The van der Waals surface area contributed by atoms with E-state index in [1.54, 1.807) is 12.1 Å². The van der Waals surface area contributed by atoms with E-state index in [4.69, 9.17) is 10.3 Å². The number of rotatable bonds is 5. The van der Waals surface area contributed by atoms with Crippen LogP contribution in [0.5, 0.6) is 0 Å². The van der Waals surface area contributed by atoms with Gasteiger partial charge in [0.1, 0.15) is 5.82 Å². The standard InChI is InChI=1S/C23H27FN4O/c24-17-1-2-20-18(7-17)16(12-26-20)6-19(25)22-27-21(28-29-22)11-23-8-13-3-14(9-23)5-15(4-13)10-23/h1-2,7,12-15,19,26H,3-6,8-11,25H2. The van der Waals surface area contributed by atoms with Gasteiger partial charge in [0.25, 0.3) is 0 Å². The van der Waals surface area contributed by atoms with Gasteiger partial charge in [0.05, 0.1) is 6.04 Å². The molecule has 6 heteroatoms. The van der Waals surface area contributed by atoms with Gasteiger partial charge < -0.3 is 15.2 Å². The minimum atomic E-state index is -0.394. The molecule has 29 heavy (non-hydrogen) atoms. The van der Waals surface area contributed by atoms with E-state index in [0.717, 1.165) is 46.5 Å². The number of halogens is 1. The molecule has 4 saturated carbocycles. The molecule has 3 N–H and O–H groups in total. The van der Waals surface area contributed by atoms with Gasteiger partial charge in [0, 0.05) is 23.5 Å². The molecule has 4 aliphatic carbocycles. The zero-order valence-corrected chi connectivity index (χ0v) is 16.5. The van der Waals surface area contributed by atoms with Crippen molar-refractivity contribution in [2.45, 2.75) is 57.4 Å². The van der Waals surface area contributed by atoms with Gasteiger partial charge in [-0.3, -0.25) is 0 Å². The molecule has 1 atom stereocenters. The largest absolute Gasteiger partial charge is 0.361 e. The normalized spacial score (nSPS) is 31.6. The van der Waals surface area contributed by atoms with Crippen molar-refractivity contribution in [1.82, 2.24) is 15.1 Å². The van der Waals surface area contributed by atoms with Crippen LogP contribution in [-0.4, -0.2) is 15.1 Å². The molecule has 4 bridgehead atoms. The van der Waals surface area contributed by atoms with Gasteiger partial charge in [-0.2, -0.15) is 4.98 Å². The van der Waals surface area contributed by atoms with E-state index in [9.17, 15) is 4.39 Å². The highest BCUT2D eigenvalue weighted by Gasteiger charge is 2.51. The second kappa shape index (κ2) is 6.39. The lowest BCUT2D eigenvalue weighted by molar-refractivity contribution is -0.0533. The summed E-state index contributed by atoms with van der Waals surface area (Å²) in [5, 5.41) is 5.14. The van der Waals surface area contributed by atoms with E-state index < -0.39 is 6.04 Å². The van der Waals surface area contributed by atoms with Crippen LogP contribution in [0.2, 0.25) is 0 Å². The first-order valence-electron chi connectivity index (χ1n) is 10.9. The van der Waals surface area contributed by atoms with Gasteiger partial charge in [0.15, 0.2) is 5.82 Å². The van der Waals surface area contributed by atoms with E-state index in [0.29, 0.717) is 17.7 Å². The fourth-order valence-corrected chi connectivity index (χ4v) is 6.98. The molecule has 0 radical (unpaired) electrons. The SMILES string of the molecule is NC(Cc1c[nH]c2ccc(F)cc12)c1nc(CC23CC4CC(CC(C4)C2)C3)no1. The Hall–Kier alpha value is -2.21. The fraction of sp³-hybridized carbons (Fsp3) is 0.565. The molecular formula is C23H27FN4O. The molecule has 3 aromatic rings. The van der Waals surface area contributed by atoms with Gasteiger partial charge in [-0.05, 0) is 91.9 Å². The van der Waals surface area contributed by atoms with Crippen LogP contribution in [-0.2, 0) is 12.8 Å². The number of fused-ring (bicyclic) bond motifs is 1. The summed E-state index contributed by atoms with van der Waals surface area (Å²) < 4.78 is 19.2. The van der Waals surface area contributed by atoms with Crippen LogP contribution >= 0.6 is 0 Å².